The van der Waals surface area contributed by atoms with Crippen molar-refractivity contribution in [1.29, 1.82) is 0 Å². The van der Waals surface area contributed by atoms with Crippen LogP contribution in [0.5, 0.6) is 0 Å². The molecule has 1 aliphatic heterocycles. The highest BCUT2D eigenvalue weighted by atomic mass is 16.4. The molecule has 1 amide bonds. The Hall–Kier alpha value is -4.60. The first-order valence-electron chi connectivity index (χ1n) is 11.8. The van der Waals surface area contributed by atoms with Gasteiger partial charge >= 0.3 is 5.97 Å². The highest BCUT2D eigenvalue weighted by Crippen LogP contribution is 2.38. The van der Waals surface area contributed by atoms with Crippen molar-refractivity contribution in [1.82, 2.24) is 30.2 Å². The van der Waals surface area contributed by atoms with E-state index < -0.39 is 5.97 Å². The molecule has 2 aromatic carbocycles. The Bertz CT molecular complexity index is 1420. The number of H-pyrrole nitrogens is 1. The zero-order valence-corrected chi connectivity index (χ0v) is 19.8. The van der Waals surface area contributed by atoms with E-state index in [0.29, 0.717) is 17.9 Å². The number of hydrogen-bond donors (Lipinski definition) is 2. The molecule has 1 aliphatic rings. The number of hydrogen-bond acceptors (Lipinski definition) is 6. The number of carbonyl (C=O) groups excluding carboxylic acids is 1. The molecule has 2 N–H and O–H groups in total. The van der Waals surface area contributed by atoms with Crippen LogP contribution in [0, 0.1) is 0 Å². The van der Waals surface area contributed by atoms with Crippen molar-refractivity contribution in [3.63, 3.8) is 0 Å². The summed E-state index contributed by atoms with van der Waals surface area (Å²) in [7, 11) is 0. The maximum Gasteiger partial charge on any atom is 0.335 e. The van der Waals surface area contributed by atoms with Crippen LogP contribution in [-0.2, 0) is 24.3 Å². The van der Waals surface area contributed by atoms with Crippen LogP contribution in [0.1, 0.15) is 58.6 Å². The van der Waals surface area contributed by atoms with Crippen LogP contribution in [0.2, 0.25) is 0 Å². The van der Waals surface area contributed by atoms with Crippen LogP contribution >= 0.6 is 0 Å². The fourth-order valence-corrected chi connectivity index (χ4v) is 4.34. The maximum atomic E-state index is 13.5. The predicted octanol–water partition coefficient (Wildman–Crippen LogP) is 3.57. The summed E-state index contributed by atoms with van der Waals surface area (Å²) >= 11 is 0. The number of para-hydroxylation sites is 1. The van der Waals surface area contributed by atoms with Crippen LogP contribution in [0.15, 0.2) is 54.7 Å². The molecule has 2 aromatic heterocycles. The average Bonchev–Trinajstić information content (AvgIpc) is 3.60. The Labute approximate surface area is 207 Å². The number of anilines is 1. The van der Waals surface area contributed by atoms with E-state index in [1.807, 2.05) is 42.5 Å². The minimum Gasteiger partial charge on any atom is -0.478 e. The van der Waals surface area contributed by atoms with Crippen molar-refractivity contribution in [2.24, 2.45) is 0 Å². The van der Waals surface area contributed by atoms with Gasteiger partial charge in [0.25, 0.3) is 5.91 Å². The van der Waals surface area contributed by atoms with Gasteiger partial charge in [0.15, 0.2) is 5.82 Å². The van der Waals surface area contributed by atoms with Crippen molar-refractivity contribution in [3.05, 3.63) is 88.8 Å². The first-order valence-corrected chi connectivity index (χ1v) is 11.8. The Balaban J connectivity index is 1.52. The minimum absolute atomic E-state index is 0.144. The number of amides is 1. The predicted molar refractivity (Wildman–Crippen MR) is 133 cm³/mol. The molecule has 0 saturated heterocycles. The second-order valence-corrected chi connectivity index (χ2v) is 8.59. The number of aromatic carboxylic acids is 1. The topological polar surface area (TPSA) is 130 Å². The minimum atomic E-state index is -0.956. The number of carbonyl (C=O) groups is 2. The number of tetrazole rings is 1. The number of nitrogens with one attached hydrogen (secondary N) is 1. The van der Waals surface area contributed by atoms with Crippen LogP contribution < -0.4 is 4.90 Å². The Morgan fingerprint density at radius 1 is 1.11 bits per heavy atom. The first kappa shape index (κ1) is 23.2. The summed E-state index contributed by atoms with van der Waals surface area (Å²) in [6.07, 6.45) is 6.51. The number of nitrogens with zero attached hydrogens (tertiary/aromatic N) is 6. The number of fused-ring (bicyclic) bond motifs is 1. The molecule has 0 aliphatic carbocycles. The molecule has 5 rings (SSSR count). The second-order valence-electron chi connectivity index (χ2n) is 8.59. The maximum absolute atomic E-state index is 13.5. The van der Waals surface area contributed by atoms with Gasteiger partial charge in [0.1, 0.15) is 5.82 Å². The number of unbranched alkanes of at least 4 members (excludes halogenated alkanes) is 1. The molecule has 36 heavy (non-hydrogen) atoms. The van der Waals surface area contributed by atoms with Gasteiger partial charge in [0.2, 0.25) is 0 Å². The van der Waals surface area contributed by atoms with Crippen molar-refractivity contribution >= 4 is 29.2 Å². The molecular weight excluding hydrogens is 458 g/mol. The molecule has 10 heteroatoms. The third kappa shape index (κ3) is 4.52. The molecule has 0 atom stereocenters. The van der Waals surface area contributed by atoms with Gasteiger partial charge in [-0.25, -0.2) is 9.78 Å². The lowest BCUT2D eigenvalue weighted by atomic mass is 10.1. The zero-order valence-electron chi connectivity index (χ0n) is 19.8. The van der Waals surface area contributed by atoms with E-state index in [0.717, 1.165) is 47.6 Å². The van der Waals surface area contributed by atoms with Crippen molar-refractivity contribution in [2.75, 3.05) is 4.90 Å². The summed E-state index contributed by atoms with van der Waals surface area (Å²) in [4.78, 5) is 31.1. The molecule has 0 fully saturated rings. The zero-order chi connectivity index (χ0) is 25.1. The molecule has 0 bridgehead atoms. The molecule has 182 valence electrons. The molecular formula is C26H25N7O3. The fourth-order valence-electron chi connectivity index (χ4n) is 4.34. The summed E-state index contributed by atoms with van der Waals surface area (Å²) in [6, 6.07) is 14.5. The highest BCUT2D eigenvalue weighted by molar-refractivity contribution is 6.35. The van der Waals surface area contributed by atoms with Gasteiger partial charge in [0, 0.05) is 18.5 Å². The van der Waals surface area contributed by atoms with Crippen molar-refractivity contribution in [3.8, 4) is 0 Å². The number of benzene rings is 2. The molecule has 4 aromatic rings. The summed E-state index contributed by atoms with van der Waals surface area (Å²) in [5, 5.41) is 23.2. The first-order chi connectivity index (χ1) is 17.5. The van der Waals surface area contributed by atoms with Gasteiger partial charge in [-0.15, -0.1) is 10.2 Å². The lowest BCUT2D eigenvalue weighted by molar-refractivity contribution is -0.113. The van der Waals surface area contributed by atoms with E-state index in [9.17, 15) is 14.7 Å². The van der Waals surface area contributed by atoms with Crippen molar-refractivity contribution in [2.45, 2.75) is 39.3 Å². The summed E-state index contributed by atoms with van der Waals surface area (Å²) < 4.78 is 2.09. The monoisotopic (exact) mass is 483 g/mol. The van der Waals surface area contributed by atoms with Gasteiger partial charge in [-0.1, -0.05) is 48.9 Å². The van der Waals surface area contributed by atoms with Gasteiger partial charge in [-0.05, 0) is 36.3 Å². The van der Waals surface area contributed by atoms with E-state index in [-0.39, 0.29) is 18.0 Å². The number of imidazole rings is 1. The SMILES string of the molecule is CCCCc1ncc(C=C2C(=O)N(Cc3nn[nH]n3)c3ccccc32)n1Cc1ccc(C(=O)O)cc1. The Kier molecular flexibility index (Phi) is 6.40. The number of rotatable bonds is 9. The van der Waals surface area contributed by atoms with Gasteiger partial charge in [0.05, 0.1) is 35.3 Å². The third-order valence-electron chi connectivity index (χ3n) is 6.21. The summed E-state index contributed by atoms with van der Waals surface area (Å²) in [5.41, 5.74) is 4.20. The average molecular weight is 484 g/mol. The smallest absolute Gasteiger partial charge is 0.335 e. The molecule has 0 unspecified atom stereocenters. The highest BCUT2D eigenvalue weighted by Gasteiger charge is 2.33. The van der Waals surface area contributed by atoms with E-state index >= 15 is 0 Å². The van der Waals surface area contributed by atoms with Crippen LogP contribution in [0.4, 0.5) is 5.69 Å². The number of aryl methyl sites for hydroxylation is 1. The Morgan fingerprint density at radius 2 is 1.92 bits per heavy atom. The van der Waals surface area contributed by atoms with E-state index in [4.69, 9.17) is 0 Å². The standard InChI is InChI=1S/C26H25N7O3/c1-2-3-8-24-27-14-19(32(24)15-17-9-11-18(12-10-17)26(35)36)13-21-20-6-4-5-7-22(20)33(25(21)34)16-23-28-30-31-29-23/h4-7,9-14H,2-3,8,15-16H2,1H3,(H,35,36)(H,28,29,30,31). The van der Waals surface area contributed by atoms with Gasteiger partial charge < -0.3 is 9.67 Å². The van der Waals surface area contributed by atoms with Crippen LogP contribution in [-0.4, -0.2) is 47.2 Å². The van der Waals surface area contributed by atoms with Crippen LogP contribution in [0.25, 0.3) is 11.6 Å². The van der Waals surface area contributed by atoms with E-state index in [2.05, 4.69) is 37.1 Å². The normalized spacial score (nSPS) is 14.0. The lowest BCUT2D eigenvalue weighted by Gasteiger charge is -2.14. The second kappa shape index (κ2) is 9.95. The largest absolute Gasteiger partial charge is 0.478 e. The number of carboxylic acid groups (broad SMARTS) is 1. The van der Waals surface area contributed by atoms with Crippen LogP contribution in [0.3, 0.4) is 0 Å². The number of aromatic amines is 1. The van der Waals surface area contributed by atoms with E-state index in [1.54, 1.807) is 23.2 Å². The van der Waals surface area contributed by atoms with E-state index in [1.165, 1.54) is 0 Å². The quantitative estimate of drug-likeness (QED) is 0.348. The van der Waals surface area contributed by atoms with Gasteiger partial charge in [-0.3, -0.25) is 9.69 Å². The molecule has 10 nitrogen and oxygen atoms in total. The van der Waals surface area contributed by atoms with Crippen molar-refractivity contribution < 1.29 is 14.7 Å². The van der Waals surface area contributed by atoms with Gasteiger partial charge in [-0.2, -0.15) is 5.21 Å². The molecule has 3 heterocycles. The lowest BCUT2D eigenvalue weighted by Crippen LogP contribution is -2.26. The molecule has 0 saturated carbocycles. The number of aromatic nitrogens is 6. The number of carboxylic acids is 1. The molecule has 0 radical (unpaired) electrons. The molecule has 0 spiro atoms. The fraction of sp³-hybridized carbons (Fsp3) is 0.231. The summed E-state index contributed by atoms with van der Waals surface area (Å²) in [5.74, 6) is 0.251. The Morgan fingerprint density at radius 3 is 2.64 bits per heavy atom. The summed E-state index contributed by atoms with van der Waals surface area (Å²) in [6.45, 7) is 2.86. The third-order valence-corrected chi connectivity index (χ3v) is 6.21.